The molecule has 0 amide bonds. The molecule has 0 spiro atoms. The highest BCUT2D eigenvalue weighted by molar-refractivity contribution is 5.56. The van der Waals surface area contributed by atoms with E-state index < -0.39 is 4.92 Å². The fourth-order valence-corrected chi connectivity index (χ4v) is 2.72. The lowest BCUT2D eigenvalue weighted by atomic mass is 9.77. The van der Waals surface area contributed by atoms with Crippen LogP contribution in [0.15, 0.2) is 42.6 Å². The maximum absolute atomic E-state index is 13.1. The largest absolute Gasteiger partial charge is 0.357 e. The van der Waals surface area contributed by atoms with E-state index in [1.54, 1.807) is 18.2 Å². The fourth-order valence-electron chi connectivity index (χ4n) is 2.72. The first-order valence-corrected chi connectivity index (χ1v) is 7.26. The second kappa shape index (κ2) is 6.09. The summed E-state index contributed by atoms with van der Waals surface area (Å²) in [7, 11) is 0. The summed E-state index contributed by atoms with van der Waals surface area (Å²) in [6, 6.07) is 9.14. The molecule has 1 aliphatic carbocycles. The fraction of sp³-hybridized carbons (Fsp3) is 0.312. The quantitative estimate of drug-likeness (QED) is 0.667. The molecule has 114 valence electrons. The minimum atomic E-state index is -0.447. The number of rotatable bonds is 5. The predicted molar refractivity (Wildman–Crippen MR) is 81.0 cm³/mol. The molecule has 0 aliphatic heterocycles. The highest BCUT2D eigenvalue weighted by Crippen LogP contribution is 2.40. The number of hydrogen-bond donors (Lipinski definition) is 1. The van der Waals surface area contributed by atoms with Crippen LogP contribution in [0, 0.1) is 21.8 Å². The van der Waals surface area contributed by atoms with E-state index in [4.69, 9.17) is 0 Å². The Balaban J connectivity index is 1.91. The van der Waals surface area contributed by atoms with Gasteiger partial charge in [-0.25, -0.2) is 9.37 Å². The molecule has 2 aromatic rings. The van der Waals surface area contributed by atoms with Gasteiger partial charge < -0.3 is 5.32 Å². The van der Waals surface area contributed by atoms with Crippen LogP contribution in [0.5, 0.6) is 0 Å². The molecule has 3 rings (SSSR count). The number of halogens is 1. The van der Waals surface area contributed by atoms with Crippen LogP contribution in [0.2, 0.25) is 0 Å². The average Bonchev–Trinajstić information content (AvgIpc) is 2.46. The Labute approximate surface area is 127 Å². The molecule has 1 aliphatic rings. The summed E-state index contributed by atoms with van der Waals surface area (Å²) in [5.74, 6) is 0.348. The van der Waals surface area contributed by atoms with Crippen molar-refractivity contribution in [1.29, 1.82) is 0 Å². The van der Waals surface area contributed by atoms with Gasteiger partial charge in [0.05, 0.1) is 11.0 Å². The molecular weight excluding hydrogens is 285 g/mol. The van der Waals surface area contributed by atoms with Gasteiger partial charge in [-0.1, -0.05) is 18.6 Å². The Hall–Kier alpha value is -2.50. The molecule has 22 heavy (non-hydrogen) atoms. The SMILES string of the molecule is O=[N+]([O-])c1cccnc1NC(c1ccc(F)cc1)C1CCC1. The van der Waals surface area contributed by atoms with Gasteiger partial charge in [0.2, 0.25) is 5.82 Å². The monoisotopic (exact) mass is 301 g/mol. The lowest BCUT2D eigenvalue weighted by molar-refractivity contribution is -0.384. The minimum absolute atomic E-state index is 0.0473. The molecule has 1 heterocycles. The molecule has 1 aromatic heterocycles. The third-order valence-electron chi connectivity index (χ3n) is 4.13. The third kappa shape index (κ3) is 2.90. The summed E-state index contributed by atoms with van der Waals surface area (Å²) in [4.78, 5) is 14.8. The van der Waals surface area contributed by atoms with E-state index in [-0.39, 0.29) is 23.4 Å². The van der Waals surface area contributed by atoms with Crippen molar-refractivity contribution in [3.8, 4) is 0 Å². The van der Waals surface area contributed by atoms with Crippen LogP contribution in [-0.2, 0) is 0 Å². The Morgan fingerprint density at radius 1 is 1.27 bits per heavy atom. The van der Waals surface area contributed by atoms with Crippen molar-refractivity contribution in [2.45, 2.75) is 25.3 Å². The number of anilines is 1. The number of nitro groups is 1. The normalized spacial score (nSPS) is 15.9. The molecule has 6 heteroatoms. The number of pyridine rings is 1. The first-order valence-electron chi connectivity index (χ1n) is 7.26. The van der Waals surface area contributed by atoms with Gasteiger partial charge in [0.1, 0.15) is 5.82 Å². The molecule has 1 N–H and O–H groups in total. The molecule has 1 atom stereocenters. The molecule has 1 saturated carbocycles. The van der Waals surface area contributed by atoms with Crippen molar-refractivity contribution >= 4 is 11.5 Å². The van der Waals surface area contributed by atoms with Gasteiger partial charge in [0, 0.05) is 12.3 Å². The van der Waals surface area contributed by atoms with Gasteiger partial charge in [-0.2, -0.15) is 0 Å². The highest BCUT2D eigenvalue weighted by atomic mass is 19.1. The Bertz CT molecular complexity index is 671. The van der Waals surface area contributed by atoms with Crippen molar-refractivity contribution < 1.29 is 9.31 Å². The molecule has 0 bridgehead atoms. The van der Waals surface area contributed by atoms with Crippen LogP contribution in [0.4, 0.5) is 15.9 Å². The minimum Gasteiger partial charge on any atom is -0.357 e. The van der Waals surface area contributed by atoms with E-state index in [2.05, 4.69) is 10.3 Å². The van der Waals surface area contributed by atoms with Crippen LogP contribution >= 0.6 is 0 Å². The van der Waals surface area contributed by atoms with Crippen LogP contribution in [-0.4, -0.2) is 9.91 Å². The third-order valence-corrected chi connectivity index (χ3v) is 4.13. The van der Waals surface area contributed by atoms with Crippen molar-refractivity contribution in [3.05, 3.63) is 64.1 Å². The van der Waals surface area contributed by atoms with Crippen molar-refractivity contribution in [2.75, 3.05) is 5.32 Å². The van der Waals surface area contributed by atoms with E-state index in [9.17, 15) is 14.5 Å². The maximum atomic E-state index is 13.1. The summed E-state index contributed by atoms with van der Waals surface area (Å²) < 4.78 is 13.1. The van der Waals surface area contributed by atoms with Crippen LogP contribution in [0.1, 0.15) is 30.9 Å². The van der Waals surface area contributed by atoms with Crippen molar-refractivity contribution in [1.82, 2.24) is 4.98 Å². The Morgan fingerprint density at radius 3 is 2.59 bits per heavy atom. The summed E-state index contributed by atoms with van der Waals surface area (Å²) >= 11 is 0. The van der Waals surface area contributed by atoms with Gasteiger partial charge in [-0.05, 0) is 42.5 Å². The Morgan fingerprint density at radius 2 is 2.00 bits per heavy atom. The van der Waals surface area contributed by atoms with Gasteiger partial charge >= 0.3 is 5.69 Å². The van der Waals surface area contributed by atoms with E-state index in [0.717, 1.165) is 24.8 Å². The summed E-state index contributed by atoms with van der Waals surface area (Å²) in [5.41, 5.74) is 0.875. The topological polar surface area (TPSA) is 68.1 Å². The molecule has 1 unspecified atom stereocenters. The molecule has 0 radical (unpaired) electrons. The smallest absolute Gasteiger partial charge is 0.311 e. The van der Waals surface area contributed by atoms with Gasteiger partial charge in [-0.15, -0.1) is 0 Å². The van der Waals surface area contributed by atoms with Crippen LogP contribution < -0.4 is 5.32 Å². The van der Waals surface area contributed by atoms with E-state index in [1.165, 1.54) is 24.4 Å². The molecular formula is C16H16FN3O2. The highest BCUT2D eigenvalue weighted by Gasteiger charge is 2.30. The number of nitrogens with zero attached hydrogens (tertiary/aromatic N) is 2. The predicted octanol–water partition coefficient (Wildman–Crippen LogP) is 4.08. The summed E-state index contributed by atoms with van der Waals surface area (Å²) in [6.07, 6.45) is 4.78. The van der Waals surface area contributed by atoms with Gasteiger partial charge in [0.15, 0.2) is 0 Å². The summed E-state index contributed by atoms with van der Waals surface area (Å²) in [5, 5.41) is 14.3. The van der Waals surface area contributed by atoms with Crippen LogP contribution in [0.25, 0.3) is 0 Å². The van der Waals surface area contributed by atoms with E-state index >= 15 is 0 Å². The zero-order valence-corrected chi connectivity index (χ0v) is 11.9. The molecule has 5 nitrogen and oxygen atoms in total. The first-order chi connectivity index (χ1) is 10.6. The second-order valence-electron chi connectivity index (χ2n) is 5.49. The van der Waals surface area contributed by atoms with Crippen LogP contribution in [0.3, 0.4) is 0 Å². The standard InChI is InChI=1S/C16H16FN3O2/c17-13-8-6-12(7-9-13)15(11-3-1-4-11)19-16-14(20(21)22)5-2-10-18-16/h2,5-11,15H,1,3-4H2,(H,18,19). The molecule has 0 saturated heterocycles. The van der Waals surface area contributed by atoms with E-state index in [0.29, 0.717) is 5.92 Å². The molecule has 1 aromatic carbocycles. The van der Waals surface area contributed by atoms with Crippen molar-refractivity contribution in [3.63, 3.8) is 0 Å². The summed E-state index contributed by atoms with van der Waals surface area (Å²) in [6.45, 7) is 0. The number of aromatic nitrogens is 1. The van der Waals surface area contributed by atoms with E-state index in [1.807, 2.05) is 0 Å². The zero-order chi connectivity index (χ0) is 15.5. The maximum Gasteiger partial charge on any atom is 0.311 e. The lowest BCUT2D eigenvalue weighted by Crippen LogP contribution is -2.27. The average molecular weight is 301 g/mol. The number of benzene rings is 1. The second-order valence-corrected chi connectivity index (χ2v) is 5.49. The van der Waals surface area contributed by atoms with Gasteiger partial charge in [-0.3, -0.25) is 10.1 Å². The zero-order valence-electron chi connectivity index (χ0n) is 11.9. The molecule has 1 fully saturated rings. The van der Waals surface area contributed by atoms with Crippen molar-refractivity contribution in [2.24, 2.45) is 5.92 Å². The Kier molecular flexibility index (Phi) is 4.00. The first kappa shape index (κ1) is 14.4. The number of hydrogen-bond acceptors (Lipinski definition) is 4. The number of nitrogens with one attached hydrogen (secondary N) is 1. The lowest BCUT2D eigenvalue weighted by Gasteiger charge is -2.34. The van der Waals surface area contributed by atoms with Gasteiger partial charge in [0.25, 0.3) is 0 Å².